The van der Waals surface area contributed by atoms with Gasteiger partial charge in [0.1, 0.15) is 11.5 Å². The molecule has 6 heteroatoms. The summed E-state index contributed by atoms with van der Waals surface area (Å²) in [7, 11) is 2.91. The molecule has 154 valence electrons. The Morgan fingerprint density at radius 2 is 1.62 bits per heavy atom. The molecule has 0 heterocycles. The zero-order valence-electron chi connectivity index (χ0n) is 17.6. The summed E-state index contributed by atoms with van der Waals surface area (Å²) >= 11 is 1.16. The second-order valence-electron chi connectivity index (χ2n) is 7.18. The zero-order chi connectivity index (χ0) is 21.7. The quantitative estimate of drug-likeness (QED) is 0.448. The van der Waals surface area contributed by atoms with Crippen molar-refractivity contribution in [3.8, 4) is 11.5 Å². The van der Waals surface area contributed by atoms with Crippen LogP contribution < -0.4 is 9.47 Å². The van der Waals surface area contributed by atoms with Crippen molar-refractivity contribution in [1.82, 2.24) is 0 Å². The predicted octanol–water partition coefficient (Wildman–Crippen LogP) is 5.26. The van der Waals surface area contributed by atoms with E-state index in [0.29, 0.717) is 23.5 Å². The first kappa shape index (κ1) is 22.7. The molecule has 2 rings (SSSR count). The molecule has 0 saturated carbocycles. The first-order valence-electron chi connectivity index (χ1n) is 9.24. The molecule has 0 saturated heterocycles. The summed E-state index contributed by atoms with van der Waals surface area (Å²) in [6, 6.07) is 1.70. The monoisotopic (exact) mass is 414 g/mol. The maximum absolute atomic E-state index is 12.6. The average Bonchev–Trinajstić information content (AvgIpc) is 2.65. The lowest BCUT2D eigenvalue weighted by atomic mass is 9.89. The van der Waals surface area contributed by atoms with Gasteiger partial charge >= 0.3 is 0 Å². The Morgan fingerprint density at radius 1 is 1.00 bits per heavy atom. The van der Waals surface area contributed by atoms with Gasteiger partial charge < -0.3 is 9.47 Å². The van der Waals surface area contributed by atoms with Gasteiger partial charge in [-0.2, -0.15) is 0 Å². The van der Waals surface area contributed by atoms with E-state index in [9.17, 15) is 14.4 Å². The van der Waals surface area contributed by atoms with E-state index in [4.69, 9.17) is 9.47 Å². The highest BCUT2D eigenvalue weighted by Gasteiger charge is 2.32. The predicted molar refractivity (Wildman–Crippen MR) is 116 cm³/mol. The fourth-order valence-electron chi connectivity index (χ4n) is 3.07. The van der Waals surface area contributed by atoms with Crippen molar-refractivity contribution >= 4 is 28.4 Å². The van der Waals surface area contributed by atoms with Crippen LogP contribution in [0.15, 0.2) is 41.5 Å². The highest BCUT2D eigenvalue weighted by atomic mass is 32.2. The van der Waals surface area contributed by atoms with E-state index in [1.807, 2.05) is 33.8 Å². The third-order valence-electron chi connectivity index (χ3n) is 4.33. The van der Waals surface area contributed by atoms with Crippen molar-refractivity contribution in [3.63, 3.8) is 0 Å². The van der Waals surface area contributed by atoms with Crippen LogP contribution in [0.25, 0.3) is 0 Å². The van der Waals surface area contributed by atoms with Gasteiger partial charge in [-0.05, 0) is 58.4 Å². The number of fused-ring (bicyclic) bond motifs is 1. The lowest BCUT2D eigenvalue weighted by molar-refractivity contribution is -0.107. The highest BCUT2D eigenvalue weighted by Crippen LogP contribution is 2.45. The summed E-state index contributed by atoms with van der Waals surface area (Å²) in [4.78, 5) is 37.5. The summed E-state index contributed by atoms with van der Waals surface area (Å²) in [6.45, 7) is 7.69. The van der Waals surface area contributed by atoms with Crippen LogP contribution in [0.1, 0.15) is 65.6 Å². The van der Waals surface area contributed by atoms with Crippen molar-refractivity contribution in [1.29, 1.82) is 0 Å². The van der Waals surface area contributed by atoms with Gasteiger partial charge in [-0.15, -0.1) is 0 Å². The second kappa shape index (κ2) is 9.74. The Bertz CT molecular complexity index is 929. The van der Waals surface area contributed by atoms with Crippen molar-refractivity contribution in [2.24, 2.45) is 0 Å². The minimum absolute atomic E-state index is 0.0850. The standard InChI is InChI=1S/C23H26O5S/c1-13(2)7-10-19(29-20(26)11-14(3)4)15-12-18(27-5)21-16(24)8-9-17(25)22(21)23(15)28-6/h7-9,11-12,19H,10H2,1-6H3. The van der Waals surface area contributed by atoms with Crippen molar-refractivity contribution in [2.75, 3.05) is 14.2 Å². The molecule has 0 amide bonds. The van der Waals surface area contributed by atoms with Gasteiger partial charge in [0.15, 0.2) is 11.6 Å². The SMILES string of the molecule is COc1cc(C(CC=C(C)C)SC(=O)C=C(C)C)c(OC)c2c1C(=O)C=CC2=O. The van der Waals surface area contributed by atoms with E-state index < -0.39 is 0 Å². The lowest BCUT2D eigenvalue weighted by Gasteiger charge is -2.23. The molecule has 1 aliphatic carbocycles. The number of carbonyl (C=O) groups excluding carboxylic acids is 3. The molecule has 0 fully saturated rings. The molecule has 0 radical (unpaired) electrons. The van der Waals surface area contributed by atoms with Crippen LogP contribution in [0, 0.1) is 0 Å². The minimum Gasteiger partial charge on any atom is -0.496 e. The molecule has 29 heavy (non-hydrogen) atoms. The van der Waals surface area contributed by atoms with E-state index >= 15 is 0 Å². The molecule has 1 unspecified atom stereocenters. The molecule has 0 aliphatic heterocycles. The molecular weight excluding hydrogens is 388 g/mol. The van der Waals surface area contributed by atoms with Crippen LogP contribution in [0.5, 0.6) is 11.5 Å². The summed E-state index contributed by atoms with van der Waals surface area (Å²) < 4.78 is 11.0. The third kappa shape index (κ3) is 5.26. The van der Waals surface area contributed by atoms with Gasteiger partial charge in [0.2, 0.25) is 5.12 Å². The molecule has 1 aromatic rings. The number of rotatable bonds is 7. The number of benzene rings is 1. The molecule has 0 bridgehead atoms. The fourth-order valence-corrected chi connectivity index (χ4v) is 4.15. The maximum Gasteiger partial charge on any atom is 0.212 e. The molecule has 5 nitrogen and oxygen atoms in total. The van der Waals surface area contributed by atoms with Crippen LogP contribution in [-0.2, 0) is 4.79 Å². The molecule has 1 aliphatic rings. The molecule has 0 aromatic heterocycles. The number of thioether (sulfide) groups is 1. The van der Waals surface area contributed by atoms with Crippen LogP contribution in [0.2, 0.25) is 0 Å². The number of carbonyl (C=O) groups is 3. The van der Waals surface area contributed by atoms with Crippen molar-refractivity contribution in [3.05, 3.63) is 58.2 Å². The number of ketones is 2. The molecular formula is C23H26O5S. The Balaban J connectivity index is 2.69. The largest absolute Gasteiger partial charge is 0.496 e. The second-order valence-corrected chi connectivity index (χ2v) is 8.38. The fraction of sp³-hybridized carbons (Fsp3) is 0.348. The normalized spacial score (nSPS) is 13.4. The van der Waals surface area contributed by atoms with Gasteiger partial charge in [-0.25, -0.2) is 0 Å². The van der Waals surface area contributed by atoms with Gasteiger partial charge in [0.05, 0.1) is 25.3 Å². The Morgan fingerprint density at radius 3 is 2.14 bits per heavy atom. The average molecular weight is 415 g/mol. The number of hydrogen-bond donors (Lipinski definition) is 0. The molecule has 1 atom stereocenters. The number of methoxy groups -OCH3 is 2. The summed E-state index contributed by atoms with van der Waals surface area (Å²) in [6.07, 6.45) is 6.65. The van der Waals surface area contributed by atoms with Crippen LogP contribution in [0.3, 0.4) is 0 Å². The number of hydrogen-bond acceptors (Lipinski definition) is 6. The maximum atomic E-state index is 12.6. The summed E-state index contributed by atoms with van der Waals surface area (Å²) in [5, 5.41) is -0.394. The molecule has 0 N–H and O–H groups in total. The number of ether oxygens (including phenoxy) is 2. The van der Waals surface area contributed by atoms with Crippen LogP contribution >= 0.6 is 11.8 Å². The Labute approximate surface area is 175 Å². The summed E-state index contributed by atoms with van der Waals surface area (Å²) in [5.74, 6) is -0.0160. The van der Waals surface area contributed by atoms with E-state index in [2.05, 4.69) is 0 Å². The molecule has 1 aromatic carbocycles. The van der Waals surface area contributed by atoms with Crippen LogP contribution in [0.4, 0.5) is 0 Å². The Hall–Kier alpha value is -2.60. The van der Waals surface area contributed by atoms with Gasteiger partial charge in [-0.3, -0.25) is 14.4 Å². The van der Waals surface area contributed by atoms with E-state index in [-0.39, 0.29) is 33.1 Å². The first-order chi connectivity index (χ1) is 13.7. The summed E-state index contributed by atoms with van der Waals surface area (Å²) in [5.41, 5.74) is 3.05. The van der Waals surface area contributed by atoms with Gasteiger partial charge in [0, 0.05) is 10.8 Å². The zero-order valence-corrected chi connectivity index (χ0v) is 18.4. The van der Waals surface area contributed by atoms with Gasteiger partial charge in [-0.1, -0.05) is 29.0 Å². The minimum atomic E-state index is -0.321. The van der Waals surface area contributed by atoms with Gasteiger partial charge in [0.25, 0.3) is 0 Å². The lowest BCUT2D eigenvalue weighted by Crippen LogP contribution is -2.17. The van der Waals surface area contributed by atoms with Crippen molar-refractivity contribution < 1.29 is 23.9 Å². The van der Waals surface area contributed by atoms with E-state index in [0.717, 1.165) is 22.9 Å². The topological polar surface area (TPSA) is 69.7 Å². The third-order valence-corrected chi connectivity index (χ3v) is 5.41. The Kier molecular flexibility index (Phi) is 7.62. The smallest absolute Gasteiger partial charge is 0.212 e. The highest BCUT2D eigenvalue weighted by molar-refractivity contribution is 8.14. The first-order valence-corrected chi connectivity index (χ1v) is 10.1. The van der Waals surface area contributed by atoms with Crippen molar-refractivity contribution in [2.45, 2.75) is 39.4 Å². The van der Waals surface area contributed by atoms with E-state index in [1.165, 1.54) is 26.4 Å². The van der Waals surface area contributed by atoms with Crippen LogP contribution in [-0.4, -0.2) is 30.9 Å². The van der Waals surface area contributed by atoms with E-state index in [1.54, 1.807) is 12.1 Å². The number of allylic oxidation sites excluding steroid dienone is 5. The molecule has 0 spiro atoms.